The van der Waals surface area contributed by atoms with Crippen LogP contribution in [0, 0.1) is 5.92 Å². The Balaban J connectivity index is 1.36. The van der Waals surface area contributed by atoms with Crippen LogP contribution in [0.5, 0.6) is 0 Å². The van der Waals surface area contributed by atoms with E-state index in [-0.39, 0.29) is 17.9 Å². The molecule has 0 aromatic carbocycles. The van der Waals surface area contributed by atoms with Crippen LogP contribution in [0.25, 0.3) is 0 Å². The summed E-state index contributed by atoms with van der Waals surface area (Å²) in [6.45, 7) is 8.37. The summed E-state index contributed by atoms with van der Waals surface area (Å²) in [5.41, 5.74) is 0. The summed E-state index contributed by atoms with van der Waals surface area (Å²) in [6, 6.07) is 0. The number of carbonyl (C=O) groups is 2. The number of nitrogens with zero attached hydrogens (tertiary/aromatic N) is 5. The second-order valence-corrected chi connectivity index (χ2v) is 8.64. The fraction of sp³-hybridized carbons (Fsp3) is 0.800. The van der Waals surface area contributed by atoms with E-state index in [1.807, 2.05) is 9.80 Å². The molecule has 4 rings (SSSR count). The van der Waals surface area contributed by atoms with Crippen LogP contribution < -0.4 is 0 Å². The van der Waals surface area contributed by atoms with Crippen LogP contribution in [0.4, 0.5) is 0 Å². The molecule has 1 atom stereocenters. The lowest BCUT2D eigenvalue weighted by Crippen LogP contribution is -2.44. The van der Waals surface area contributed by atoms with Crippen molar-refractivity contribution in [3.8, 4) is 0 Å². The van der Waals surface area contributed by atoms with Crippen LogP contribution in [0.3, 0.4) is 0 Å². The zero-order valence-electron chi connectivity index (χ0n) is 17.0. The number of hydrogen-bond donors (Lipinski definition) is 0. The standard InChI is InChI=1S/C20H31N5O3/c1-14(2)12-18(26)23-7-5-15(6-8-23)19-22-21-17-13-24(9-10-25(17)19)20(27)16-4-3-11-28-16/h14-16H,3-13H2,1-2H3. The minimum atomic E-state index is -0.276. The smallest absolute Gasteiger partial charge is 0.252 e. The van der Waals surface area contributed by atoms with Gasteiger partial charge in [-0.15, -0.1) is 10.2 Å². The van der Waals surface area contributed by atoms with Gasteiger partial charge in [0.1, 0.15) is 11.9 Å². The van der Waals surface area contributed by atoms with Gasteiger partial charge in [0.15, 0.2) is 5.82 Å². The molecule has 0 spiro atoms. The van der Waals surface area contributed by atoms with Gasteiger partial charge in [-0.25, -0.2) is 0 Å². The van der Waals surface area contributed by atoms with Crippen molar-refractivity contribution in [3.63, 3.8) is 0 Å². The average Bonchev–Trinajstić information content (AvgIpc) is 3.36. The Morgan fingerprint density at radius 3 is 2.54 bits per heavy atom. The number of carbonyl (C=O) groups excluding carboxylic acids is 2. The van der Waals surface area contributed by atoms with Gasteiger partial charge in [-0.2, -0.15) is 0 Å². The Morgan fingerprint density at radius 2 is 1.86 bits per heavy atom. The van der Waals surface area contributed by atoms with Crippen LogP contribution in [-0.2, 0) is 27.4 Å². The van der Waals surface area contributed by atoms with Crippen molar-refractivity contribution in [1.82, 2.24) is 24.6 Å². The lowest BCUT2D eigenvalue weighted by Gasteiger charge is -2.33. The first-order valence-corrected chi connectivity index (χ1v) is 10.6. The van der Waals surface area contributed by atoms with Gasteiger partial charge in [-0.1, -0.05) is 13.8 Å². The normalized spacial score (nSPS) is 23.3. The van der Waals surface area contributed by atoms with E-state index in [0.717, 1.165) is 57.0 Å². The minimum absolute atomic E-state index is 0.0882. The number of rotatable bonds is 4. The lowest BCUT2D eigenvalue weighted by molar-refractivity contribution is -0.142. The number of aromatic nitrogens is 3. The highest BCUT2D eigenvalue weighted by molar-refractivity contribution is 5.81. The van der Waals surface area contributed by atoms with E-state index in [2.05, 4.69) is 28.6 Å². The summed E-state index contributed by atoms with van der Waals surface area (Å²) in [4.78, 5) is 28.7. The van der Waals surface area contributed by atoms with Crippen molar-refractivity contribution in [3.05, 3.63) is 11.6 Å². The number of piperidine rings is 1. The Hall–Kier alpha value is -1.96. The molecule has 0 radical (unpaired) electrons. The van der Waals surface area contributed by atoms with Crippen molar-refractivity contribution in [1.29, 1.82) is 0 Å². The Kier molecular flexibility index (Phi) is 5.66. The first kappa shape index (κ1) is 19.4. The quantitative estimate of drug-likeness (QED) is 0.781. The van der Waals surface area contributed by atoms with Crippen molar-refractivity contribution < 1.29 is 14.3 Å². The number of hydrogen-bond acceptors (Lipinski definition) is 5. The molecule has 8 heteroatoms. The Labute approximate surface area is 166 Å². The molecule has 3 aliphatic heterocycles. The largest absolute Gasteiger partial charge is 0.368 e. The molecule has 0 aliphatic carbocycles. The Bertz CT molecular complexity index is 717. The van der Waals surface area contributed by atoms with Gasteiger partial charge < -0.3 is 19.1 Å². The molecule has 2 amide bonds. The summed E-state index contributed by atoms with van der Waals surface area (Å²) >= 11 is 0. The maximum Gasteiger partial charge on any atom is 0.252 e. The monoisotopic (exact) mass is 389 g/mol. The third kappa shape index (κ3) is 3.92. The minimum Gasteiger partial charge on any atom is -0.368 e. The molecule has 4 heterocycles. The molecular weight excluding hydrogens is 358 g/mol. The highest BCUT2D eigenvalue weighted by Crippen LogP contribution is 2.29. The summed E-state index contributed by atoms with van der Waals surface area (Å²) in [5, 5.41) is 8.85. The second kappa shape index (κ2) is 8.19. The first-order chi connectivity index (χ1) is 13.5. The van der Waals surface area contributed by atoms with Crippen LogP contribution in [0.1, 0.15) is 63.5 Å². The highest BCUT2D eigenvalue weighted by atomic mass is 16.5. The molecule has 28 heavy (non-hydrogen) atoms. The fourth-order valence-electron chi connectivity index (χ4n) is 4.51. The van der Waals surface area contributed by atoms with Gasteiger partial charge in [0.2, 0.25) is 5.91 Å². The predicted octanol–water partition coefficient (Wildman–Crippen LogP) is 1.55. The number of fused-ring (bicyclic) bond motifs is 1. The fourth-order valence-corrected chi connectivity index (χ4v) is 4.51. The van der Waals surface area contributed by atoms with E-state index in [4.69, 9.17) is 4.74 Å². The number of likely N-dealkylation sites (tertiary alicyclic amines) is 1. The number of amides is 2. The molecule has 2 saturated heterocycles. The summed E-state index contributed by atoms with van der Waals surface area (Å²) in [7, 11) is 0. The van der Waals surface area contributed by atoms with E-state index in [1.165, 1.54) is 0 Å². The molecule has 1 aromatic rings. The van der Waals surface area contributed by atoms with Crippen molar-refractivity contribution in [2.24, 2.45) is 5.92 Å². The maximum absolute atomic E-state index is 12.6. The molecule has 1 unspecified atom stereocenters. The van der Waals surface area contributed by atoms with Crippen molar-refractivity contribution in [2.45, 2.75) is 71.1 Å². The predicted molar refractivity (Wildman–Crippen MR) is 102 cm³/mol. The first-order valence-electron chi connectivity index (χ1n) is 10.6. The second-order valence-electron chi connectivity index (χ2n) is 8.64. The lowest BCUT2D eigenvalue weighted by atomic mass is 9.95. The van der Waals surface area contributed by atoms with Gasteiger partial charge >= 0.3 is 0 Å². The van der Waals surface area contributed by atoms with Gasteiger partial charge in [0, 0.05) is 45.1 Å². The molecule has 0 bridgehead atoms. The van der Waals surface area contributed by atoms with Crippen molar-refractivity contribution in [2.75, 3.05) is 26.2 Å². The van der Waals surface area contributed by atoms with E-state index in [9.17, 15) is 9.59 Å². The molecule has 3 aliphatic rings. The van der Waals surface area contributed by atoms with E-state index < -0.39 is 0 Å². The molecular formula is C20H31N5O3. The van der Waals surface area contributed by atoms with Gasteiger partial charge in [0.05, 0.1) is 6.54 Å². The van der Waals surface area contributed by atoms with Gasteiger partial charge in [-0.3, -0.25) is 9.59 Å². The van der Waals surface area contributed by atoms with Crippen LogP contribution in [0.15, 0.2) is 0 Å². The third-order valence-corrected chi connectivity index (χ3v) is 6.09. The summed E-state index contributed by atoms with van der Waals surface area (Å²) in [6.07, 6.45) is 3.99. The van der Waals surface area contributed by atoms with Gasteiger partial charge in [0.25, 0.3) is 5.91 Å². The zero-order valence-corrected chi connectivity index (χ0v) is 17.0. The van der Waals surface area contributed by atoms with Crippen LogP contribution in [0.2, 0.25) is 0 Å². The zero-order chi connectivity index (χ0) is 19.7. The number of ether oxygens (including phenoxy) is 1. The molecule has 0 N–H and O–H groups in total. The Morgan fingerprint density at radius 1 is 1.07 bits per heavy atom. The summed E-state index contributed by atoms with van der Waals surface area (Å²) in [5.74, 6) is 2.98. The average molecular weight is 390 g/mol. The van der Waals surface area contributed by atoms with E-state index in [0.29, 0.717) is 38.0 Å². The molecule has 154 valence electrons. The molecule has 1 aromatic heterocycles. The summed E-state index contributed by atoms with van der Waals surface area (Å²) < 4.78 is 7.73. The topological polar surface area (TPSA) is 80.6 Å². The van der Waals surface area contributed by atoms with Crippen molar-refractivity contribution >= 4 is 11.8 Å². The molecule has 2 fully saturated rings. The van der Waals surface area contributed by atoms with Crippen LogP contribution in [-0.4, -0.2) is 68.7 Å². The third-order valence-electron chi connectivity index (χ3n) is 6.09. The van der Waals surface area contributed by atoms with E-state index in [1.54, 1.807) is 0 Å². The molecule has 0 saturated carbocycles. The SMILES string of the molecule is CC(C)CC(=O)N1CCC(c2nnc3n2CCN(C(=O)C2CCCO2)C3)CC1. The van der Waals surface area contributed by atoms with E-state index >= 15 is 0 Å². The maximum atomic E-state index is 12.6. The highest BCUT2D eigenvalue weighted by Gasteiger charge is 2.34. The van der Waals surface area contributed by atoms with Gasteiger partial charge in [-0.05, 0) is 31.6 Å². The van der Waals surface area contributed by atoms with Crippen LogP contribution >= 0.6 is 0 Å². The molecule has 8 nitrogen and oxygen atoms in total.